The van der Waals surface area contributed by atoms with Crippen LogP contribution >= 0.6 is 0 Å². The molecule has 4 nitrogen and oxygen atoms in total. The minimum Gasteiger partial charge on any atom is -0.344 e. The Morgan fingerprint density at radius 2 is 2.00 bits per heavy atom. The third-order valence-corrected chi connectivity index (χ3v) is 7.48. The van der Waals surface area contributed by atoms with E-state index in [1.165, 1.54) is 40.8 Å². The molecule has 2 N–H and O–H groups in total. The molecule has 0 amide bonds. The number of nitrogens with zero attached hydrogens (tertiary/aromatic N) is 2. The van der Waals surface area contributed by atoms with E-state index in [1.54, 1.807) is 0 Å². The molecule has 1 fully saturated rings. The van der Waals surface area contributed by atoms with E-state index in [9.17, 15) is 13.6 Å². The van der Waals surface area contributed by atoms with Crippen LogP contribution in [0.15, 0.2) is 36.4 Å². The average molecular weight is 438 g/mol. The third kappa shape index (κ3) is 3.46. The van der Waals surface area contributed by atoms with Gasteiger partial charge in [0, 0.05) is 60.1 Å². The topological polar surface area (TPSA) is 51.3 Å². The maximum absolute atomic E-state index is 14.8. The van der Waals surface area contributed by atoms with Crippen molar-refractivity contribution < 1.29 is 13.6 Å². The van der Waals surface area contributed by atoms with E-state index in [1.807, 2.05) is 0 Å². The van der Waals surface area contributed by atoms with Gasteiger partial charge in [-0.3, -0.25) is 9.69 Å². The zero-order valence-corrected chi connectivity index (χ0v) is 18.6. The van der Waals surface area contributed by atoms with Crippen LogP contribution in [0.25, 0.3) is 10.9 Å². The van der Waals surface area contributed by atoms with Gasteiger partial charge in [0.05, 0.1) is 6.54 Å². The first kappa shape index (κ1) is 21.3. The van der Waals surface area contributed by atoms with Crippen molar-refractivity contribution in [1.82, 2.24) is 9.47 Å². The number of carbonyl (C=O) groups is 1. The lowest BCUT2D eigenvalue weighted by Gasteiger charge is -2.33. The number of benzene rings is 2. The summed E-state index contributed by atoms with van der Waals surface area (Å²) in [5, 5.41) is 1.25. The molecule has 3 unspecified atom stereocenters. The van der Waals surface area contributed by atoms with Crippen molar-refractivity contribution in [2.24, 2.45) is 5.73 Å². The molecule has 32 heavy (non-hydrogen) atoms. The van der Waals surface area contributed by atoms with Gasteiger partial charge in [0.25, 0.3) is 0 Å². The van der Waals surface area contributed by atoms with Gasteiger partial charge >= 0.3 is 0 Å². The van der Waals surface area contributed by atoms with Gasteiger partial charge in [0.1, 0.15) is 17.4 Å². The Kier molecular flexibility index (Phi) is 5.38. The number of fused-ring (bicyclic) bond motifs is 6. The largest absolute Gasteiger partial charge is 0.344 e. The second kappa shape index (κ2) is 8.09. The highest BCUT2D eigenvalue weighted by molar-refractivity contribution is 5.87. The number of aromatic nitrogens is 1. The molecule has 3 heterocycles. The number of ketones is 1. The van der Waals surface area contributed by atoms with Gasteiger partial charge in [0.2, 0.25) is 0 Å². The zero-order chi connectivity index (χ0) is 22.6. The summed E-state index contributed by atoms with van der Waals surface area (Å²) in [7, 11) is 2.21. The normalized spacial score (nSPS) is 21.2. The number of carbonyl (C=O) groups excluding carboxylic acids is 1. The minimum atomic E-state index is -0.617. The Balaban J connectivity index is 1.65. The maximum Gasteiger partial charge on any atom is 0.147 e. The predicted molar refractivity (Wildman–Crippen MR) is 122 cm³/mol. The fourth-order valence-corrected chi connectivity index (χ4v) is 5.86. The Hall–Kier alpha value is -2.57. The number of rotatable bonds is 6. The van der Waals surface area contributed by atoms with Crippen LogP contribution in [-0.2, 0) is 17.8 Å². The van der Waals surface area contributed by atoms with Crippen molar-refractivity contribution in [3.05, 3.63) is 70.4 Å². The Bertz CT molecular complexity index is 1200. The van der Waals surface area contributed by atoms with E-state index < -0.39 is 17.6 Å². The van der Waals surface area contributed by atoms with Crippen molar-refractivity contribution in [2.75, 3.05) is 13.6 Å². The number of Topliss-reactive ketones (excluding diaryl/α,β-unsaturated/α-hetero) is 1. The molecule has 0 aliphatic carbocycles. The van der Waals surface area contributed by atoms with Crippen LogP contribution < -0.4 is 5.73 Å². The first-order valence-corrected chi connectivity index (χ1v) is 11.4. The number of nitrogens with two attached hydrogens (primary N) is 1. The third-order valence-electron chi connectivity index (χ3n) is 7.48. The molecular formula is C26H29F2N3O. The molecule has 2 aliphatic heterocycles. The Morgan fingerprint density at radius 1 is 1.19 bits per heavy atom. The number of aryl methyl sites for hydroxylation is 1. The SMILES string of the molecule is Cc1ccc2c(c1)c1c(n2CC(CC(=O)CN)c2ccc(F)cc2F)CC2CCC1N2C. The highest BCUT2D eigenvalue weighted by Crippen LogP contribution is 2.47. The van der Waals surface area contributed by atoms with E-state index in [0.29, 0.717) is 24.2 Å². The first-order valence-electron chi connectivity index (χ1n) is 11.4. The van der Waals surface area contributed by atoms with Gasteiger partial charge < -0.3 is 10.3 Å². The second-order valence-corrected chi connectivity index (χ2v) is 9.42. The van der Waals surface area contributed by atoms with E-state index >= 15 is 0 Å². The number of likely N-dealkylation sites (N-methyl/N-ethyl adjacent to an activating group) is 1. The van der Waals surface area contributed by atoms with Crippen LogP contribution in [-0.4, -0.2) is 34.9 Å². The predicted octanol–water partition coefficient (Wildman–Crippen LogP) is 4.62. The van der Waals surface area contributed by atoms with Crippen LogP contribution in [0.5, 0.6) is 0 Å². The molecule has 0 saturated carbocycles. The van der Waals surface area contributed by atoms with E-state index in [2.05, 4.69) is 41.6 Å². The van der Waals surface area contributed by atoms with E-state index in [-0.39, 0.29) is 18.7 Å². The molecule has 3 atom stereocenters. The number of hydrogen-bond donors (Lipinski definition) is 1. The molecule has 168 valence electrons. The molecular weight excluding hydrogens is 408 g/mol. The van der Waals surface area contributed by atoms with Crippen LogP contribution in [0.1, 0.15) is 53.6 Å². The van der Waals surface area contributed by atoms with Crippen LogP contribution in [0, 0.1) is 18.6 Å². The number of halogens is 2. The van der Waals surface area contributed by atoms with Gasteiger partial charge in [-0.25, -0.2) is 8.78 Å². The quantitative estimate of drug-likeness (QED) is 0.612. The van der Waals surface area contributed by atoms with Crippen molar-refractivity contribution in [3.63, 3.8) is 0 Å². The molecule has 1 aromatic heterocycles. The van der Waals surface area contributed by atoms with Gasteiger partial charge in [-0.2, -0.15) is 0 Å². The lowest BCUT2D eigenvalue weighted by molar-refractivity contribution is -0.118. The lowest BCUT2D eigenvalue weighted by atomic mass is 9.92. The molecule has 0 radical (unpaired) electrons. The lowest BCUT2D eigenvalue weighted by Crippen LogP contribution is -2.35. The molecule has 2 bridgehead atoms. The molecule has 1 saturated heterocycles. The van der Waals surface area contributed by atoms with Gasteiger partial charge in [-0.1, -0.05) is 17.7 Å². The van der Waals surface area contributed by atoms with Crippen LogP contribution in [0.2, 0.25) is 0 Å². The number of hydrogen-bond acceptors (Lipinski definition) is 3. The minimum absolute atomic E-state index is 0.0853. The summed E-state index contributed by atoms with van der Waals surface area (Å²) < 4.78 is 30.6. The maximum atomic E-state index is 14.8. The standard InChI is InChI=1S/C26H29F2N3O/c1-15-3-7-23-21(9-15)26-24-8-5-18(30(24)2)12-25(26)31(23)14-16(10-19(32)13-29)20-6-4-17(27)11-22(20)28/h3-4,6-7,9,11,16,18,24H,5,8,10,12-14,29H2,1-2H3. The zero-order valence-electron chi connectivity index (χ0n) is 18.6. The van der Waals surface area contributed by atoms with Gasteiger partial charge in [0.15, 0.2) is 0 Å². The molecule has 2 aliphatic rings. The smallest absolute Gasteiger partial charge is 0.147 e. The van der Waals surface area contributed by atoms with E-state index in [0.717, 1.165) is 24.4 Å². The molecule has 6 heteroatoms. The second-order valence-electron chi connectivity index (χ2n) is 9.42. The summed E-state index contributed by atoms with van der Waals surface area (Å²) in [6.07, 6.45) is 3.39. The van der Waals surface area contributed by atoms with Gasteiger partial charge in [-0.05, 0) is 56.1 Å². The van der Waals surface area contributed by atoms with Crippen molar-refractivity contribution in [3.8, 4) is 0 Å². The van der Waals surface area contributed by atoms with Crippen LogP contribution in [0.3, 0.4) is 0 Å². The van der Waals surface area contributed by atoms with Crippen molar-refractivity contribution in [2.45, 2.75) is 57.2 Å². The average Bonchev–Trinajstić information content (AvgIpc) is 3.16. The van der Waals surface area contributed by atoms with E-state index in [4.69, 9.17) is 5.73 Å². The van der Waals surface area contributed by atoms with Crippen molar-refractivity contribution >= 4 is 16.7 Å². The Labute approximate surface area is 187 Å². The monoisotopic (exact) mass is 437 g/mol. The Morgan fingerprint density at radius 3 is 2.75 bits per heavy atom. The first-order chi connectivity index (χ1) is 15.4. The summed E-state index contributed by atoms with van der Waals surface area (Å²) in [5.41, 5.74) is 11.0. The molecule has 0 spiro atoms. The van der Waals surface area contributed by atoms with Crippen LogP contribution in [0.4, 0.5) is 8.78 Å². The summed E-state index contributed by atoms with van der Waals surface area (Å²) >= 11 is 0. The van der Waals surface area contributed by atoms with Gasteiger partial charge in [-0.15, -0.1) is 0 Å². The fourth-order valence-electron chi connectivity index (χ4n) is 5.86. The summed E-state index contributed by atoms with van der Waals surface area (Å²) in [4.78, 5) is 14.8. The summed E-state index contributed by atoms with van der Waals surface area (Å²) in [6, 6.07) is 11.0. The highest BCUT2D eigenvalue weighted by Gasteiger charge is 2.41. The van der Waals surface area contributed by atoms with Crippen molar-refractivity contribution in [1.29, 1.82) is 0 Å². The fraction of sp³-hybridized carbons (Fsp3) is 0.423. The summed E-state index contributed by atoms with van der Waals surface area (Å²) in [5.74, 6) is -1.76. The highest BCUT2D eigenvalue weighted by atomic mass is 19.1. The molecule has 5 rings (SSSR count). The molecule has 3 aromatic rings. The molecule has 2 aromatic carbocycles. The summed E-state index contributed by atoms with van der Waals surface area (Å²) in [6.45, 7) is 2.48.